The maximum Gasteiger partial charge on any atom is 0.197 e. The van der Waals surface area contributed by atoms with Gasteiger partial charge in [-0.2, -0.15) is 0 Å². The molecule has 0 bridgehead atoms. The fourth-order valence-corrected chi connectivity index (χ4v) is 1.63. The van der Waals surface area contributed by atoms with E-state index in [9.17, 15) is 8.78 Å². The van der Waals surface area contributed by atoms with Crippen molar-refractivity contribution in [3.05, 3.63) is 45.8 Å². The Morgan fingerprint density at radius 2 is 2.06 bits per heavy atom. The van der Waals surface area contributed by atoms with Crippen molar-refractivity contribution in [3.8, 4) is 11.3 Å². The molecule has 0 radical (unpaired) electrons. The molecule has 0 spiro atoms. The summed E-state index contributed by atoms with van der Waals surface area (Å²) in [6.45, 7) is 0. The zero-order valence-corrected chi connectivity index (χ0v) is 9.37. The predicted molar refractivity (Wildman–Crippen MR) is 59.8 cm³/mol. The number of rotatable bonds is 1. The Morgan fingerprint density at radius 3 is 2.81 bits per heavy atom. The van der Waals surface area contributed by atoms with Crippen molar-refractivity contribution >= 4 is 23.8 Å². The summed E-state index contributed by atoms with van der Waals surface area (Å²) in [4.78, 5) is 6.10. The van der Waals surface area contributed by atoms with E-state index in [0.29, 0.717) is 0 Å². The summed E-state index contributed by atoms with van der Waals surface area (Å²) in [6.07, 6.45) is 0.968. The van der Waals surface area contributed by atoms with Crippen LogP contribution in [0.5, 0.6) is 0 Å². The molecule has 0 fully saturated rings. The van der Waals surface area contributed by atoms with Gasteiger partial charge in [-0.1, -0.05) is 11.6 Å². The number of aromatic amines is 1. The van der Waals surface area contributed by atoms with E-state index in [2.05, 4.69) is 9.97 Å². The highest BCUT2D eigenvalue weighted by atomic mass is 35.5. The fraction of sp³-hybridized carbons (Fsp3) is 0. The molecule has 1 N–H and O–H groups in total. The second-order valence-corrected chi connectivity index (χ2v) is 3.83. The Hall–Kier alpha value is -1.33. The molecule has 6 heteroatoms. The maximum atomic E-state index is 13.4. The number of hydrogen-bond donors (Lipinski definition) is 1. The first kappa shape index (κ1) is 11.2. The van der Waals surface area contributed by atoms with E-state index in [4.69, 9.17) is 23.8 Å². The van der Waals surface area contributed by atoms with Crippen LogP contribution in [0.25, 0.3) is 11.3 Å². The van der Waals surface area contributed by atoms with Gasteiger partial charge < -0.3 is 4.98 Å². The molecule has 0 aliphatic rings. The van der Waals surface area contributed by atoms with E-state index in [0.717, 1.165) is 12.3 Å². The van der Waals surface area contributed by atoms with Gasteiger partial charge in [0.05, 0.1) is 16.9 Å². The second kappa shape index (κ2) is 4.27. The average Bonchev–Trinajstić information content (AvgIpc) is 2.25. The SMILES string of the molecule is Fc1ccc(Cl)c(-c2[nH]c(=S)ncc2F)c1. The largest absolute Gasteiger partial charge is 0.328 e. The van der Waals surface area contributed by atoms with Gasteiger partial charge in [-0.05, 0) is 30.4 Å². The Bertz CT molecular complexity index is 598. The summed E-state index contributed by atoms with van der Waals surface area (Å²) in [6, 6.07) is 3.68. The first-order valence-corrected chi connectivity index (χ1v) is 5.07. The molecule has 0 aliphatic heterocycles. The molecule has 1 aromatic carbocycles. The Morgan fingerprint density at radius 1 is 1.31 bits per heavy atom. The quantitative estimate of drug-likeness (QED) is 0.790. The lowest BCUT2D eigenvalue weighted by Gasteiger charge is -2.05. The molecule has 0 saturated heterocycles. The van der Waals surface area contributed by atoms with Crippen molar-refractivity contribution in [2.75, 3.05) is 0 Å². The fourth-order valence-electron chi connectivity index (χ4n) is 1.26. The number of H-pyrrole nitrogens is 1. The second-order valence-electron chi connectivity index (χ2n) is 3.04. The highest BCUT2D eigenvalue weighted by Gasteiger charge is 2.10. The van der Waals surface area contributed by atoms with Crippen molar-refractivity contribution in [2.24, 2.45) is 0 Å². The molecule has 82 valence electrons. The first-order valence-electron chi connectivity index (χ1n) is 4.28. The van der Waals surface area contributed by atoms with Crippen LogP contribution in [-0.4, -0.2) is 9.97 Å². The standard InChI is InChI=1S/C10H5ClF2N2S/c11-7-2-1-5(12)3-6(7)9-8(13)4-14-10(16)15-9/h1-4H,(H,14,15,16). The van der Waals surface area contributed by atoms with Crippen LogP contribution < -0.4 is 0 Å². The molecule has 0 unspecified atom stereocenters. The number of benzene rings is 1. The highest BCUT2D eigenvalue weighted by molar-refractivity contribution is 7.71. The third-order valence-corrected chi connectivity index (χ3v) is 2.50. The smallest absolute Gasteiger partial charge is 0.197 e. The van der Waals surface area contributed by atoms with Crippen LogP contribution in [0.3, 0.4) is 0 Å². The molecule has 0 saturated carbocycles. The topological polar surface area (TPSA) is 28.7 Å². The summed E-state index contributed by atoms with van der Waals surface area (Å²) in [5, 5.41) is 0.233. The zero-order valence-electron chi connectivity index (χ0n) is 7.80. The minimum Gasteiger partial charge on any atom is -0.328 e. The van der Waals surface area contributed by atoms with Crippen molar-refractivity contribution in [1.29, 1.82) is 0 Å². The molecule has 0 amide bonds. The van der Waals surface area contributed by atoms with Crippen LogP contribution in [0, 0.1) is 16.4 Å². The molecule has 16 heavy (non-hydrogen) atoms. The molecule has 2 aromatic rings. The normalized spacial score (nSPS) is 10.4. The average molecular weight is 259 g/mol. The Balaban J connectivity index is 2.71. The molecular weight excluding hydrogens is 254 g/mol. The van der Waals surface area contributed by atoms with Gasteiger partial charge in [-0.25, -0.2) is 13.8 Å². The van der Waals surface area contributed by atoms with E-state index in [1.54, 1.807) is 0 Å². The molecule has 0 aliphatic carbocycles. The summed E-state index contributed by atoms with van der Waals surface area (Å²) in [7, 11) is 0. The van der Waals surface area contributed by atoms with Gasteiger partial charge in [0.15, 0.2) is 10.6 Å². The highest BCUT2D eigenvalue weighted by Crippen LogP contribution is 2.28. The van der Waals surface area contributed by atoms with Crippen molar-refractivity contribution in [1.82, 2.24) is 9.97 Å². The monoisotopic (exact) mass is 258 g/mol. The lowest BCUT2D eigenvalue weighted by molar-refractivity contribution is 0.614. The Labute approximate surface area is 99.9 Å². The van der Waals surface area contributed by atoms with Crippen LogP contribution >= 0.6 is 23.8 Å². The van der Waals surface area contributed by atoms with Crippen LogP contribution in [0.2, 0.25) is 5.02 Å². The molecule has 2 rings (SSSR count). The lowest BCUT2D eigenvalue weighted by atomic mass is 10.1. The van der Waals surface area contributed by atoms with Crippen LogP contribution in [0.4, 0.5) is 8.78 Å². The number of halogens is 3. The number of aromatic nitrogens is 2. The van der Waals surface area contributed by atoms with Gasteiger partial charge in [0.2, 0.25) is 0 Å². The number of hydrogen-bond acceptors (Lipinski definition) is 2. The lowest BCUT2D eigenvalue weighted by Crippen LogP contribution is -1.93. The van der Waals surface area contributed by atoms with E-state index >= 15 is 0 Å². The van der Waals surface area contributed by atoms with Crippen molar-refractivity contribution in [3.63, 3.8) is 0 Å². The van der Waals surface area contributed by atoms with Gasteiger partial charge in [-0.3, -0.25) is 0 Å². The molecule has 0 atom stereocenters. The van der Waals surface area contributed by atoms with E-state index in [1.807, 2.05) is 0 Å². The molecule has 1 aromatic heterocycles. The first-order chi connectivity index (χ1) is 7.58. The predicted octanol–water partition coefficient (Wildman–Crippen LogP) is 3.74. The van der Waals surface area contributed by atoms with Gasteiger partial charge in [0.25, 0.3) is 0 Å². The van der Waals surface area contributed by atoms with Gasteiger partial charge in [-0.15, -0.1) is 0 Å². The van der Waals surface area contributed by atoms with Crippen molar-refractivity contribution < 1.29 is 8.78 Å². The molecular formula is C10H5ClF2N2S. The van der Waals surface area contributed by atoms with Crippen LogP contribution in [0.15, 0.2) is 24.4 Å². The van der Waals surface area contributed by atoms with E-state index in [-0.39, 0.29) is 21.1 Å². The summed E-state index contributed by atoms with van der Waals surface area (Å²) < 4.78 is 26.6. The third kappa shape index (κ3) is 2.10. The van der Waals surface area contributed by atoms with Crippen LogP contribution in [-0.2, 0) is 0 Å². The third-order valence-electron chi connectivity index (χ3n) is 1.96. The van der Waals surface area contributed by atoms with Gasteiger partial charge in [0.1, 0.15) is 5.82 Å². The number of nitrogens with one attached hydrogen (secondary N) is 1. The van der Waals surface area contributed by atoms with Gasteiger partial charge in [0, 0.05) is 5.56 Å². The number of nitrogens with zero attached hydrogens (tertiary/aromatic N) is 1. The Kier molecular flexibility index (Phi) is 2.98. The summed E-state index contributed by atoms with van der Waals surface area (Å²) in [5.74, 6) is -1.14. The zero-order chi connectivity index (χ0) is 11.7. The summed E-state index contributed by atoms with van der Waals surface area (Å²) in [5.41, 5.74) is 0.247. The molecule has 1 heterocycles. The van der Waals surface area contributed by atoms with Crippen molar-refractivity contribution in [2.45, 2.75) is 0 Å². The van der Waals surface area contributed by atoms with E-state index in [1.165, 1.54) is 12.1 Å². The molecule has 2 nitrogen and oxygen atoms in total. The minimum absolute atomic E-state index is 0.0319. The van der Waals surface area contributed by atoms with Crippen LogP contribution in [0.1, 0.15) is 0 Å². The van der Waals surface area contributed by atoms with E-state index < -0.39 is 11.6 Å². The van der Waals surface area contributed by atoms with Gasteiger partial charge >= 0.3 is 0 Å². The maximum absolute atomic E-state index is 13.4. The minimum atomic E-state index is -0.638. The summed E-state index contributed by atoms with van der Waals surface area (Å²) >= 11 is 10.6.